The van der Waals surface area contributed by atoms with Crippen molar-refractivity contribution in [2.75, 3.05) is 11.1 Å². The van der Waals surface area contributed by atoms with Crippen molar-refractivity contribution in [2.24, 2.45) is 0 Å². The predicted octanol–water partition coefficient (Wildman–Crippen LogP) is 4.86. The first-order chi connectivity index (χ1) is 14.6. The van der Waals surface area contributed by atoms with Gasteiger partial charge in [0.15, 0.2) is 5.78 Å². The number of anilines is 1. The van der Waals surface area contributed by atoms with Crippen molar-refractivity contribution in [3.05, 3.63) is 74.1 Å². The quantitative estimate of drug-likeness (QED) is 0.701. The van der Waals surface area contributed by atoms with Crippen LogP contribution in [0.15, 0.2) is 63.7 Å². The van der Waals surface area contributed by atoms with Gasteiger partial charge in [-0.15, -0.1) is 11.3 Å². The molecule has 1 aromatic heterocycles. The first-order valence-corrected chi connectivity index (χ1v) is 11.6. The smallest absolute Gasteiger partial charge is 0.234 e. The lowest BCUT2D eigenvalue weighted by atomic mass is 9.79. The lowest BCUT2D eigenvalue weighted by Gasteiger charge is -2.32. The van der Waals surface area contributed by atoms with E-state index in [1.54, 1.807) is 11.3 Å². The Morgan fingerprint density at radius 3 is 2.93 bits per heavy atom. The minimum absolute atomic E-state index is 0.108. The number of dihydropyridines is 1. The number of thiophene rings is 1. The average Bonchev–Trinajstić information content (AvgIpc) is 3.26. The molecule has 2 aromatic rings. The van der Waals surface area contributed by atoms with Gasteiger partial charge in [0, 0.05) is 28.3 Å². The maximum Gasteiger partial charge on any atom is 0.234 e. The summed E-state index contributed by atoms with van der Waals surface area (Å²) in [4.78, 5) is 26.2. The van der Waals surface area contributed by atoms with Gasteiger partial charge in [-0.05, 0) is 48.9 Å². The molecule has 0 saturated carbocycles. The molecule has 0 unspecified atom stereocenters. The second kappa shape index (κ2) is 8.90. The average molecular weight is 436 g/mol. The number of carbonyl (C=O) groups is 2. The zero-order valence-electron chi connectivity index (χ0n) is 16.5. The van der Waals surface area contributed by atoms with Crippen molar-refractivity contribution in [3.8, 4) is 6.07 Å². The molecule has 0 saturated heterocycles. The maximum absolute atomic E-state index is 12.7. The normalized spacial score (nSPS) is 18.5. The molecule has 7 heteroatoms. The fourth-order valence-corrected chi connectivity index (χ4v) is 5.54. The number of amides is 1. The van der Waals surface area contributed by atoms with Gasteiger partial charge in [-0.2, -0.15) is 5.26 Å². The summed E-state index contributed by atoms with van der Waals surface area (Å²) in [5.74, 6) is -0.197. The van der Waals surface area contributed by atoms with Gasteiger partial charge in [-0.3, -0.25) is 9.59 Å². The second-order valence-electron chi connectivity index (χ2n) is 7.30. The molecule has 1 aromatic carbocycles. The number of carbonyl (C=O) groups excluding carboxylic acids is 2. The van der Waals surface area contributed by atoms with Crippen LogP contribution in [0.1, 0.15) is 35.6 Å². The zero-order chi connectivity index (χ0) is 21.1. The molecule has 2 aliphatic rings. The Morgan fingerprint density at radius 2 is 2.20 bits per heavy atom. The van der Waals surface area contributed by atoms with Gasteiger partial charge < -0.3 is 10.6 Å². The Kier molecular flexibility index (Phi) is 6.07. The lowest BCUT2D eigenvalue weighted by Crippen LogP contribution is -2.31. The van der Waals surface area contributed by atoms with Crippen molar-refractivity contribution in [2.45, 2.75) is 32.1 Å². The number of rotatable bonds is 5. The molecular weight excluding hydrogens is 414 g/mol. The number of allylic oxidation sites excluding steroid dienone is 3. The van der Waals surface area contributed by atoms with Crippen molar-refractivity contribution >= 4 is 40.5 Å². The van der Waals surface area contributed by atoms with E-state index in [9.17, 15) is 14.9 Å². The Bertz CT molecular complexity index is 1090. The number of nitrogens with zero attached hydrogens (tertiary/aromatic N) is 1. The van der Waals surface area contributed by atoms with Crippen LogP contribution >= 0.6 is 23.1 Å². The number of Topliss-reactive ketones (excluding diaryl/α,β-unsaturated/α-hetero) is 1. The molecule has 0 bridgehead atoms. The number of nitrogens with one attached hydrogen (secondary N) is 2. The molecule has 0 spiro atoms. The van der Waals surface area contributed by atoms with Crippen LogP contribution in [0.5, 0.6) is 0 Å². The number of hydrogen-bond donors (Lipinski definition) is 2. The highest BCUT2D eigenvalue weighted by atomic mass is 32.2. The minimum atomic E-state index is -0.346. The number of benzene rings is 1. The van der Waals surface area contributed by atoms with Gasteiger partial charge in [0.25, 0.3) is 0 Å². The van der Waals surface area contributed by atoms with E-state index in [-0.39, 0.29) is 23.4 Å². The molecular formula is C23H21N3O2S2. The largest absolute Gasteiger partial charge is 0.352 e. The summed E-state index contributed by atoms with van der Waals surface area (Å²) in [6.45, 7) is 1.97. The molecule has 1 aliphatic carbocycles. The summed E-state index contributed by atoms with van der Waals surface area (Å²) in [5, 5.41) is 18.8. The van der Waals surface area contributed by atoms with Crippen LogP contribution in [0.4, 0.5) is 5.69 Å². The third-order valence-corrected chi connectivity index (χ3v) is 7.09. The van der Waals surface area contributed by atoms with E-state index in [0.29, 0.717) is 22.6 Å². The highest BCUT2D eigenvalue weighted by molar-refractivity contribution is 8.03. The number of aryl methyl sites for hydroxylation is 1. The van der Waals surface area contributed by atoms with Crippen LogP contribution in [0.25, 0.3) is 0 Å². The van der Waals surface area contributed by atoms with E-state index in [1.165, 1.54) is 11.8 Å². The summed E-state index contributed by atoms with van der Waals surface area (Å²) in [7, 11) is 0. The highest BCUT2D eigenvalue weighted by Crippen LogP contribution is 2.45. The van der Waals surface area contributed by atoms with E-state index < -0.39 is 0 Å². The van der Waals surface area contributed by atoms with Gasteiger partial charge in [0.1, 0.15) is 0 Å². The molecule has 1 atom stereocenters. The summed E-state index contributed by atoms with van der Waals surface area (Å²) in [6, 6.07) is 13.9. The van der Waals surface area contributed by atoms with Gasteiger partial charge in [0.2, 0.25) is 5.91 Å². The first kappa shape index (κ1) is 20.5. The second-order valence-corrected chi connectivity index (χ2v) is 9.27. The zero-order valence-corrected chi connectivity index (χ0v) is 18.2. The Hall–Kier alpha value is -2.82. The van der Waals surface area contributed by atoms with E-state index in [2.05, 4.69) is 16.7 Å². The molecule has 4 rings (SSSR count). The van der Waals surface area contributed by atoms with Crippen molar-refractivity contribution in [1.82, 2.24) is 5.32 Å². The van der Waals surface area contributed by atoms with Gasteiger partial charge in [-0.25, -0.2) is 0 Å². The number of thioether (sulfide) groups is 1. The Morgan fingerprint density at radius 1 is 1.33 bits per heavy atom. The SMILES string of the molecule is Cc1cccc(NC(=O)CSC2=C(C#N)[C@H](c3cccs3)C3=C(CCCC3=O)N2)c1. The van der Waals surface area contributed by atoms with Crippen LogP contribution < -0.4 is 10.6 Å². The van der Waals surface area contributed by atoms with Gasteiger partial charge >= 0.3 is 0 Å². The molecule has 2 N–H and O–H groups in total. The molecule has 0 fully saturated rings. The van der Waals surface area contributed by atoms with Crippen LogP contribution in [-0.2, 0) is 9.59 Å². The van der Waals surface area contributed by atoms with Gasteiger partial charge in [-0.1, -0.05) is 30.0 Å². The van der Waals surface area contributed by atoms with Crippen LogP contribution in [0.3, 0.4) is 0 Å². The fraction of sp³-hybridized carbons (Fsp3) is 0.261. The van der Waals surface area contributed by atoms with Crippen molar-refractivity contribution in [3.63, 3.8) is 0 Å². The van der Waals surface area contributed by atoms with Crippen LogP contribution in [-0.4, -0.2) is 17.4 Å². The molecule has 1 aliphatic heterocycles. The highest BCUT2D eigenvalue weighted by Gasteiger charge is 2.37. The first-order valence-electron chi connectivity index (χ1n) is 9.77. The summed E-state index contributed by atoms with van der Waals surface area (Å²) >= 11 is 2.86. The standard InChI is InChI=1S/C23H21N3O2S2/c1-14-5-2-6-15(11-14)25-20(28)13-30-23-16(12-24)21(19-9-4-10-29-19)22-17(26-23)7-3-8-18(22)27/h2,4-6,9-11,21,26H,3,7-8,13H2,1H3,(H,25,28)/t21-/m1/s1. The van der Waals surface area contributed by atoms with E-state index in [1.807, 2.05) is 48.7 Å². The topological polar surface area (TPSA) is 82.0 Å². The molecule has 152 valence electrons. The Labute approximate surface area is 183 Å². The maximum atomic E-state index is 12.7. The van der Waals surface area contributed by atoms with Crippen molar-refractivity contribution < 1.29 is 9.59 Å². The minimum Gasteiger partial charge on any atom is -0.352 e. The van der Waals surface area contributed by atoms with Crippen LogP contribution in [0, 0.1) is 18.3 Å². The predicted molar refractivity (Wildman–Crippen MR) is 121 cm³/mol. The lowest BCUT2D eigenvalue weighted by molar-refractivity contribution is -0.116. The third kappa shape index (κ3) is 4.20. The third-order valence-electron chi connectivity index (χ3n) is 5.14. The monoisotopic (exact) mass is 435 g/mol. The van der Waals surface area contributed by atoms with Crippen molar-refractivity contribution in [1.29, 1.82) is 5.26 Å². The molecule has 2 heterocycles. The number of nitriles is 1. The number of hydrogen-bond acceptors (Lipinski definition) is 6. The Balaban J connectivity index is 1.57. The molecule has 5 nitrogen and oxygen atoms in total. The van der Waals surface area contributed by atoms with Crippen LogP contribution in [0.2, 0.25) is 0 Å². The van der Waals surface area contributed by atoms with Gasteiger partial charge in [0.05, 0.1) is 28.3 Å². The molecule has 30 heavy (non-hydrogen) atoms. The fourth-order valence-electron chi connectivity index (χ4n) is 3.84. The molecule has 1 amide bonds. The number of ketones is 1. The van der Waals surface area contributed by atoms with E-state index in [0.717, 1.165) is 34.7 Å². The van der Waals surface area contributed by atoms with E-state index in [4.69, 9.17) is 0 Å². The summed E-state index contributed by atoms with van der Waals surface area (Å²) in [6.07, 6.45) is 2.10. The molecule has 0 radical (unpaired) electrons. The summed E-state index contributed by atoms with van der Waals surface area (Å²) < 4.78 is 0. The summed E-state index contributed by atoms with van der Waals surface area (Å²) in [5.41, 5.74) is 3.95. The van der Waals surface area contributed by atoms with E-state index >= 15 is 0 Å².